The van der Waals surface area contributed by atoms with Crippen LogP contribution in [0.2, 0.25) is 0 Å². The molecule has 5 rings (SSSR count). The van der Waals surface area contributed by atoms with Crippen molar-refractivity contribution in [2.75, 3.05) is 26.3 Å². The number of nitrogens with zero attached hydrogens (tertiary/aromatic N) is 2. The van der Waals surface area contributed by atoms with Crippen LogP contribution < -0.4 is 9.64 Å². The van der Waals surface area contributed by atoms with Gasteiger partial charge in [-0.25, -0.2) is 9.37 Å². The number of thiophene rings is 1. The molecule has 0 spiro atoms. The average molecular weight is 465 g/mol. The van der Waals surface area contributed by atoms with Gasteiger partial charge in [0.2, 0.25) is 5.88 Å². The van der Waals surface area contributed by atoms with Gasteiger partial charge in [-0.2, -0.15) is 4.98 Å². The maximum absolute atomic E-state index is 14.4. The Morgan fingerprint density at radius 3 is 2.89 bits per heavy atom. The lowest BCUT2D eigenvalue weighted by molar-refractivity contribution is -0.922. The molecule has 0 saturated carbocycles. The van der Waals surface area contributed by atoms with Gasteiger partial charge in [0.1, 0.15) is 24.5 Å². The van der Waals surface area contributed by atoms with E-state index in [9.17, 15) is 4.39 Å². The zero-order valence-electron chi connectivity index (χ0n) is 15.3. The molecule has 0 amide bonds. The summed E-state index contributed by atoms with van der Waals surface area (Å²) < 4.78 is 26.5. The predicted molar refractivity (Wildman–Crippen MR) is 109 cm³/mol. The minimum atomic E-state index is -0.409. The van der Waals surface area contributed by atoms with Crippen LogP contribution >= 0.6 is 27.3 Å². The second-order valence-corrected chi connectivity index (χ2v) is 9.20. The first-order valence-corrected chi connectivity index (χ1v) is 11.1. The lowest BCUT2D eigenvalue weighted by Gasteiger charge is -2.23. The van der Waals surface area contributed by atoms with E-state index in [0.29, 0.717) is 10.4 Å². The Morgan fingerprint density at radius 2 is 2.07 bits per heavy atom. The summed E-state index contributed by atoms with van der Waals surface area (Å²) in [4.78, 5) is 13.3. The van der Waals surface area contributed by atoms with Crippen molar-refractivity contribution in [2.24, 2.45) is 0 Å². The Bertz CT molecular complexity index is 1040. The lowest BCUT2D eigenvalue weighted by atomic mass is 10.2. The van der Waals surface area contributed by atoms with Crippen molar-refractivity contribution in [2.45, 2.75) is 25.8 Å². The number of nitrogens with one attached hydrogen (secondary N) is 1. The van der Waals surface area contributed by atoms with Crippen molar-refractivity contribution in [3.8, 4) is 11.6 Å². The fourth-order valence-corrected chi connectivity index (χ4v) is 5.48. The summed E-state index contributed by atoms with van der Waals surface area (Å²) in [5.41, 5.74) is 1.28. The molecule has 5 nitrogen and oxygen atoms in total. The van der Waals surface area contributed by atoms with Gasteiger partial charge in [-0.15, -0.1) is 11.3 Å². The summed E-state index contributed by atoms with van der Waals surface area (Å²) in [6.45, 7) is 4.14. The number of benzene rings is 1. The molecule has 0 bridgehead atoms. The molecule has 1 aliphatic heterocycles. The van der Waals surface area contributed by atoms with Crippen LogP contribution in [0.15, 0.2) is 22.7 Å². The summed E-state index contributed by atoms with van der Waals surface area (Å²) in [5.74, 6) is 1.00. The maximum atomic E-state index is 14.4. The van der Waals surface area contributed by atoms with E-state index in [-0.39, 0.29) is 5.75 Å². The van der Waals surface area contributed by atoms with Gasteiger partial charge in [0.15, 0.2) is 17.4 Å². The van der Waals surface area contributed by atoms with Crippen LogP contribution in [-0.4, -0.2) is 36.3 Å². The first kappa shape index (κ1) is 18.4. The van der Waals surface area contributed by atoms with E-state index < -0.39 is 5.82 Å². The van der Waals surface area contributed by atoms with Crippen LogP contribution in [0.5, 0.6) is 11.6 Å². The Kier molecular flexibility index (Phi) is 5.04. The van der Waals surface area contributed by atoms with Crippen LogP contribution in [-0.2, 0) is 24.1 Å². The first-order valence-electron chi connectivity index (χ1n) is 9.53. The highest BCUT2D eigenvalue weighted by Crippen LogP contribution is 2.41. The largest absolute Gasteiger partial charge is 0.435 e. The number of morpholine rings is 1. The van der Waals surface area contributed by atoms with E-state index >= 15 is 0 Å². The van der Waals surface area contributed by atoms with Gasteiger partial charge in [0, 0.05) is 9.35 Å². The average Bonchev–Trinajstić information content (AvgIpc) is 3.25. The molecule has 146 valence electrons. The smallest absolute Gasteiger partial charge is 0.232 e. The van der Waals surface area contributed by atoms with Crippen LogP contribution in [0.1, 0.15) is 22.7 Å². The summed E-state index contributed by atoms with van der Waals surface area (Å²) in [6, 6.07) is 4.81. The van der Waals surface area contributed by atoms with Gasteiger partial charge >= 0.3 is 0 Å². The van der Waals surface area contributed by atoms with Crippen LogP contribution in [0.25, 0.3) is 10.2 Å². The summed E-state index contributed by atoms with van der Waals surface area (Å²) >= 11 is 5.02. The number of aromatic nitrogens is 2. The topological polar surface area (TPSA) is 48.7 Å². The maximum Gasteiger partial charge on any atom is 0.232 e. The number of rotatable bonds is 4. The molecule has 1 N–H and O–H groups in total. The molecule has 1 aliphatic carbocycles. The van der Waals surface area contributed by atoms with E-state index in [1.807, 2.05) is 0 Å². The van der Waals surface area contributed by atoms with Crippen molar-refractivity contribution in [1.82, 2.24) is 9.97 Å². The second-order valence-electron chi connectivity index (χ2n) is 7.20. The van der Waals surface area contributed by atoms with Gasteiger partial charge in [-0.1, -0.05) is 15.9 Å². The van der Waals surface area contributed by atoms with Crippen LogP contribution in [0.4, 0.5) is 4.39 Å². The zero-order valence-corrected chi connectivity index (χ0v) is 17.7. The molecule has 3 heterocycles. The number of halogens is 2. The second kappa shape index (κ2) is 7.67. The Morgan fingerprint density at radius 1 is 1.21 bits per heavy atom. The lowest BCUT2D eigenvalue weighted by Crippen LogP contribution is -3.12. The Balaban J connectivity index is 1.56. The first-order chi connectivity index (χ1) is 13.7. The van der Waals surface area contributed by atoms with Gasteiger partial charge < -0.3 is 14.4 Å². The van der Waals surface area contributed by atoms with Crippen LogP contribution in [0.3, 0.4) is 0 Å². The van der Waals surface area contributed by atoms with Gasteiger partial charge in [-0.05, 0) is 43.0 Å². The highest BCUT2D eigenvalue weighted by atomic mass is 79.9. The number of fused-ring (bicyclic) bond motifs is 3. The minimum absolute atomic E-state index is 0.186. The van der Waals surface area contributed by atoms with E-state index in [0.717, 1.165) is 68.2 Å². The minimum Gasteiger partial charge on any atom is -0.435 e. The molecule has 1 fully saturated rings. The number of hydrogen-bond acceptors (Lipinski definition) is 5. The summed E-state index contributed by atoms with van der Waals surface area (Å²) in [6.07, 6.45) is 3.22. The Hall–Kier alpha value is -1.61. The zero-order chi connectivity index (χ0) is 19.1. The van der Waals surface area contributed by atoms with Crippen molar-refractivity contribution < 1.29 is 18.8 Å². The third kappa shape index (κ3) is 3.54. The van der Waals surface area contributed by atoms with Gasteiger partial charge in [0.25, 0.3) is 0 Å². The third-order valence-electron chi connectivity index (χ3n) is 5.29. The molecule has 8 heteroatoms. The van der Waals surface area contributed by atoms with Crippen LogP contribution in [0, 0.1) is 5.82 Å². The van der Waals surface area contributed by atoms with E-state index in [4.69, 9.17) is 19.4 Å². The molecule has 2 aromatic heterocycles. The highest BCUT2D eigenvalue weighted by Gasteiger charge is 2.25. The standard InChI is InChI=1S/C20H19BrFN3O2S/c21-12-4-5-15(14(22)10-12)27-19-18-13-2-1-3-16(13)28-20(18)24-17(23-19)11-25-6-8-26-9-7-25/h4-5,10H,1-3,6-9,11H2/p+1. The van der Waals surface area contributed by atoms with Crippen molar-refractivity contribution in [1.29, 1.82) is 0 Å². The SMILES string of the molecule is Fc1cc(Br)ccc1Oc1nc(C[NH+]2CCOCC2)nc2sc3c(c12)CCC3. The van der Waals surface area contributed by atoms with Crippen molar-refractivity contribution in [3.63, 3.8) is 0 Å². The van der Waals surface area contributed by atoms with Crippen molar-refractivity contribution >= 4 is 37.5 Å². The molecule has 2 aliphatic rings. The fraction of sp³-hybridized carbons (Fsp3) is 0.400. The number of hydrogen-bond donors (Lipinski definition) is 1. The normalized spacial score (nSPS) is 17.2. The molecule has 0 unspecified atom stereocenters. The van der Waals surface area contributed by atoms with Gasteiger partial charge in [0.05, 0.1) is 18.6 Å². The third-order valence-corrected chi connectivity index (χ3v) is 6.97. The van der Waals surface area contributed by atoms with E-state index in [1.165, 1.54) is 21.4 Å². The van der Waals surface area contributed by atoms with E-state index in [1.54, 1.807) is 23.5 Å². The molecule has 1 saturated heterocycles. The number of ether oxygens (including phenoxy) is 2. The van der Waals surface area contributed by atoms with E-state index in [2.05, 4.69) is 15.9 Å². The monoisotopic (exact) mass is 464 g/mol. The number of aryl methyl sites for hydroxylation is 2. The molecule has 28 heavy (non-hydrogen) atoms. The number of quaternary nitrogens is 1. The molecular formula is C20H20BrFN3O2S+. The molecule has 0 radical (unpaired) electrons. The summed E-state index contributed by atoms with van der Waals surface area (Å²) in [7, 11) is 0. The molecular weight excluding hydrogens is 445 g/mol. The quantitative estimate of drug-likeness (QED) is 0.643. The van der Waals surface area contributed by atoms with Gasteiger partial charge in [-0.3, -0.25) is 0 Å². The summed E-state index contributed by atoms with van der Waals surface area (Å²) in [5, 5.41) is 0.959. The Labute approximate surface area is 174 Å². The molecule has 3 aromatic rings. The molecule has 1 aromatic carbocycles. The predicted octanol–water partition coefficient (Wildman–Crippen LogP) is 3.29. The van der Waals surface area contributed by atoms with Crippen molar-refractivity contribution in [3.05, 3.63) is 44.8 Å². The highest BCUT2D eigenvalue weighted by molar-refractivity contribution is 9.10. The molecule has 0 atom stereocenters. The fourth-order valence-electron chi connectivity index (χ4n) is 3.88.